The molecule has 0 spiro atoms. The van der Waals surface area contributed by atoms with Crippen LogP contribution in [0, 0.1) is 6.92 Å². The third-order valence-corrected chi connectivity index (χ3v) is 7.83. The van der Waals surface area contributed by atoms with Crippen LogP contribution in [0.3, 0.4) is 0 Å². The Bertz CT molecular complexity index is 893. The van der Waals surface area contributed by atoms with Gasteiger partial charge in [-0.05, 0) is 53.2 Å². The lowest BCUT2D eigenvalue weighted by atomic mass is 10.3. The van der Waals surface area contributed by atoms with Gasteiger partial charge >= 0.3 is 0 Å². The minimum Gasteiger partial charge on any atom is -0.462 e. The van der Waals surface area contributed by atoms with Gasteiger partial charge in [0.05, 0.1) is 3.79 Å². The van der Waals surface area contributed by atoms with Gasteiger partial charge in [-0.1, -0.05) is 0 Å². The van der Waals surface area contributed by atoms with Crippen molar-refractivity contribution in [3.05, 3.63) is 45.6 Å². The topological polar surface area (TPSA) is 70.8 Å². The SMILES string of the molecule is Cc1ccc(/C=C/C(=O)N2CCN(S(=O)(=O)c3ccc(Br)s3)CC2)o1. The molecule has 0 aromatic carbocycles. The molecule has 0 saturated carbocycles. The maximum atomic E-state index is 12.6. The van der Waals surface area contributed by atoms with E-state index in [0.29, 0.717) is 23.1 Å². The van der Waals surface area contributed by atoms with E-state index in [1.807, 2.05) is 13.0 Å². The largest absolute Gasteiger partial charge is 0.462 e. The first-order valence-electron chi connectivity index (χ1n) is 7.65. The Morgan fingerprint density at radius 3 is 2.48 bits per heavy atom. The number of nitrogens with zero attached hydrogens (tertiary/aromatic N) is 2. The number of hydrogen-bond donors (Lipinski definition) is 0. The second-order valence-electron chi connectivity index (χ2n) is 5.57. The van der Waals surface area contributed by atoms with Crippen molar-refractivity contribution in [2.45, 2.75) is 11.1 Å². The number of aryl methyl sites for hydroxylation is 1. The summed E-state index contributed by atoms with van der Waals surface area (Å²) >= 11 is 4.47. The van der Waals surface area contributed by atoms with Gasteiger partial charge in [-0.3, -0.25) is 4.79 Å². The quantitative estimate of drug-likeness (QED) is 0.679. The number of thiophene rings is 1. The van der Waals surface area contributed by atoms with Crippen LogP contribution in [0.5, 0.6) is 0 Å². The Labute approximate surface area is 158 Å². The van der Waals surface area contributed by atoms with E-state index < -0.39 is 10.0 Å². The monoisotopic (exact) mass is 444 g/mol. The highest BCUT2D eigenvalue weighted by Crippen LogP contribution is 2.28. The zero-order valence-electron chi connectivity index (χ0n) is 13.5. The predicted octanol–water partition coefficient (Wildman–Crippen LogP) is 2.96. The highest BCUT2D eigenvalue weighted by molar-refractivity contribution is 9.11. The third-order valence-electron chi connectivity index (χ3n) is 3.84. The predicted molar refractivity (Wildman–Crippen MR) is 99.8 cm³/mol. The Hall–Kier alpha value is -1.42. The van der Waals surface area contributed by atoms with Crippen molar-refractivity contribution >= 4 is 49.3 Å². The van der Waals surface area contributed by atoms with Crippen LogP contribution in [0.2, 0.25) is 0 Å². The van der Waals surface area contributed by atoms with Gasteiger partial charge in [0.1, 0.15) is 15.7 Å². The van der Waals surface area contributed by atoms with E-state index in [-0.39, 0.29) is 19.0 Å². The minimum absolute atomic E-state index is 0.148. The van der Waals surface area contributed by atoms with Crippen LogP contribution in [0.1, 0.15) is 11.5 Å². The van der Waals surface area contributed by atoms with E-state index in [2.05, 4.69) is 15.9 Å². The third kappa shape index (κ3) is 4.22. The van der Waals surface area contributed by atoms with Gasteiger partial charge in [-0.25, -0.2) is 8.42 Å². The normalized spacial score (nSPS) is 16.6. The molecule has 1 amide bonds. The molecule has 3 heterocycles. The molecule has 2 aromatic rings. The van der Waals surface area contributed by atoms with E-state index in [9.17, 15) is 13.2 Å². The van der Waals surface area contributed by atoms with Crippen molar-refractivity contribution < 1.29 is 17.6 Å². The molecular weight excluding hydrogens is 428 g/mol. The van der Waals surface area contributed by atoms with Crippen molar-refractivity contribution in [1.82, 2.24) is 9.21 Å². The van der Waals surface area contributed by atoms with Gasteiger partial charge in [0.25, 0.3) is 10.0 Å². The molecule has 134 valence electrons. The average molecular weight is 445 g/mol. The standard InChI is InChI=1S/C16H17BrN2O4S2/c1-12-2-3-13(23-12)4-6-15(20)18-8-10-19(11-9-18)25(21,22)16-7-5-14(17)24-16/h2-7H,8-11H2,1H3/b6-4+. The van der Waals surface area contributed by atoms with Crippen molar-refractivity contribution in [3.8, 4) is 0 Å². The molecule has 1 aliphatic heterocycles. The molecule has 2 aromatic heterocycles. The fourth-order valence-corrected chi connectivity index (χ4v) is 6.10. The molecule has 0 N–H and O–H groups in total. The molecule has 6 nitrogen and oxygen atoms in total. The number of furan rings is 1. The second-order valence-corrected chi connectivity index (χ2v) is 10.2. The zero-order valence-corrected chi connectivity index (χ0v) is 16.7. The van der Waals surface area contributed by atoms with Gasteiger partial charge in [0.2, 0.25) is 5.91 Å². The van der Waals surface area contributed by atoms with Gasteiger partial charge in [-0.2, -0.15) is 4.31 Å². The maximum Gasteiger partial charge on any atom is 0.252 e. The summed E-state index contributed by atoms with van der Waals surface area (Å²) in [6.45, 7) is 3.15. The molecular formula is C16H17BrN2O4S2. The molecule has 1 saturated heterocycles. The summed E-state index contributed by atoms with van der Waals surface area (Å²) in [5, 5.41) is 0. The average Bonchev–Trinajstić information content (AvgIpc) is 3.21. The van der Waals surface area contributed by atoms with E-state index in [0.717, 1.165) is 9.55 Å². The van der Waals surface area contributed by atoms with Crippen LogP contribution in [-0.4, -0.2) is 49.7 Å². The van der Waals surface area contributed by atoms with Crippen LogP contribution in [0.4, 0.5) is 0 Å². The molecule has 3 rings (SSSR count). The first-order valence-corrected chi connectivity index (χ1v) is 10.7. The van der Waals surface area contributed by atoms with Crippen LogP contribution in [0.25, 0.3) is 6.08 Å². The molecule has 1 aliphatic rings. The molecule has 0 atom stereocenters. The van der Waals surface area contributed by atoms with Crippen molar-refractivity contribution in [2.75, 3.05) is 26.2 Å². The highest BCUT2D eigenvalue weighted by atomic mass is 79.9. The fourth-order valence-electron chi connectivity index (χ4n) is 2.51. The van der Waals surface area contributed by atoms with Gasteiger partial charge in [0.15, 0.2) is 0 Å². The number of amides is 1. The van der Waals surface area contributed by atoms with Crippen LogP contribution >= 0.6 is 27.3 Å². The summed E-state index contributed by atoms with van der Waals surface area (Å²) in [4.78, 5) is 13.9. The zero-order chi connectivity index (χ0) is 18.0. The number of rotatable bonds is 4. The highest BCUT2D eigenvalue weighted by Gasteiger charge is 2.30. The smallest absolute Gasteiger partial charge is 0.252 e. The summed E-state index contributed by atoms with van der Waals surface area (Å²) in [6.07, 6.45) is 3.08. The lowest BCUT2D eigenvalue weighted by Gasteiger charge is -2.33. The summed E-state index contributed by atoms with van der Waals surface area (Å²) in [5.74, 6) is 1.26. The first-order chi connectivity index (χ1) is 11.9. The molecule has 0 bridgehead atoms. The number of piperazine rings is 1. The van der Waals surface area contributed by atoms with Gasteiger partial charge in [-0.15, -0.1) is 11.3 Å². The second kappa shape index (κ2) is 7.45. The Morgan fingerprint density at radius 2 is 1.92 bits per heavy atom. The molecule has 1 fully saturated rings. The summed E-state index contributed by atoms with van der Waals surface area (Å²) in [7, 11) is -3.49. The van der Waals surface area contributed by atoms with E-state index >= 15 is 0 Å². The molecule has 0 aliphatic carbocycles. The minimum atomic E-state index is -3.49. The Morgan fingerprint density at radius 1 is 1.20 bits per heavy atom. The van der Waals surface area contributed by atoms with E-state index in [4.69, 9.17) is 4.42 Å². The van der Waals surface area contributed by atoms with Crippen LogP contribution < -0.4 is 0 Å². The number of carbonyl (C=O) groups excluding carboxylic acids is 1. The summed E-state index contributed by atoms with van der Waals surface area (Å²) in [6, 6.07) is 6.94. The first kappa shape index (κ1) is 18.4. The maximum absolute atomic E-state index is 12.6. The fraction of sp³-hybridized carbons (Fsp3) is 0.312. The van der Waals surface area contributed by atoms with Crippen LogP contribution in [0.15, 0.2) is 42.8 Å². The van der Waals surface area contributed by atoms with Crippen LogP contribution in [-0.2, 0) is 14.8 Å². The lowest BCUT2D eigenvalue weighted by molar-refractivity contribution is -0.127. The number of sulfonamides is 1. The van der Waals surface area contributed by atoms with E-state index in [1.165, 1.54) is 21.7 Å². The number of halogens is 1. The van der Waals surface area contributed by atoms with Gasteiger partial charge < -0.3 is 9.32 Å². The Balaban J connectivity index is 1.60. The summed E-state index contributed by atoms with van der Waals surface area (Å²) in [5.41, 5.74) is 0. The van der Waals surface area contributed by atoms with Crippen molar-refractivity contribution in [1.29, 1.82) is 0 Å². The van der Waals surface area contributed by atoms with Crippen molar-refractivity contribution in [2.24, 2.45) is 0 Å². The molecule has 25 heavy (non-hydrogen) atoms. The number of hydrogen-bond acceptors (Lipinski definition) is 5. The Kier molecular flexibility index (Phi) is 5.47. The number of carbonyl (C=O) groups is 1. The van der Waals surface area contributed by atoms with E-state index in [1.54, 1.807) is 29.2 Å². The molecule has 0 radical (unpaired) electrons. The summed E-state index contributed by atoms with van der Waals surface area (Å²) < 4.78 is 33.1. The lowest BCUT2D eigenvalue weighted by Crippen LogP contribution is -2.50. The molecule has 0 unspecified atom stereocenters. The van der Waals surface area contributed by atoms with Crippen molar-refractivity contribution in [3.63, 3.8) is 0 Å². The van der Waals surface area contributed by atoms with Gasteiger partial charge in [0, 0.05) is 32.3 Å². The molecule has 9 heteroatoms.